The second-order valence-corrected chi connectivity index (χ2v) is 4.61. The van der Waals surface area contributed by atoms with Gasteiger partial charge in [-0.05, 0) is 19.1 Å². The molecule has 16 heavy (non-hydrogen) atoms. The number of aryl methyl sites for hydroxylation is 1. The van der Waals surface area contributed by atoms with Crippen LogP contribution in [-0.4, -0.2) is 37.4 Å². The van der Waals surface area contributed by atoms with Crippen molar-refractivity contribution in [1.29, 1.82) is 0 Å². The maximum Gasteiger partial charge on any atom is 0.185 e. The number of aromatic nitrogens is 2. The van der Waals surface area contributed by atoms with Crippen LogP contribution in [0, 0.1) is 6.92 Å². The van der Waals surface area contributed by atoms with Crippen LogP contribution in [0.1, 0.15) is 24.4 Å². The van der Waals surface area contributed by atoms with Gasteiger partial charge in [0.2, 0.25) is 0 Å². The minimum Gasteiger partial charge on any atom is -0.389 e. The van der Waals surface area contributed by atoms with E-state index in [-0.39, 0.29) is 10.9 Å². The van der Waals surface area contributed by atoms with Crippen molar-refractivity contribution in [2.75, 3.05) is 5.75 Å². The van der Waals surface area contributed by atoms with E-state index in [1.54, 1.807) is 19.1 Å². The fraction of sp³-hybridized carbons (Fsp3) is 0.500. The summed E-state index contributed by atoms with van der Waals surface area (Å²) in [6, 6.07) is 3.31. The van der Waals surface area contributed by atoms with Crippen molar-refractivity contribution in [2.45, 2.75) is 26.1 Å². The fourth-order valence-corrected chi connectivity index (χ4v) is 1.65. The number of nitrogens with zero attached hydrogens (tertiary/aromatic N) is 2. The van der Waals surface area contributed by atoms with Crippen molar-refractivity contribution in [3.63, 3.8) is 0 Å². The number of carbonyl (C=O) groups is 1. The van der Waals surface area contributed by atoms with Gasteiger partial charge in [0, 0.05) is 12.7 Å². The molecule has 0 aromatic carbocycles. The zero-order valence-electron chi connectivity index (χ0n) is 9.12. The van der Waals surface area contributed by atoms with Gasteiger partial charge in [0.25, 0.3) is 0 Å². The number of hydrogen-bond acceptors (Lipinski definition) is 6. The minimum absolute atomic E-state index is 0.0961. The van der Waals surface area contributed by atoms with Gasteiger partial charge in [-0.25, -0.2) is 0 Å². The van der Waals surface area contributed by atoms with Gasteiger partial charge in [0.15, 0.2) is 5.12 Å². The predicted octanol–water partition coefficient (Wildman–Crippen LogP) is 0.459. The van der Waals surface area contributed by atoms with Gasteiger partial charge in [-0.3, -0.25) is 4.79 Å². The van der Waals surface area contributed by atoms with E-state index in [4.69, 9.17) is 0 Å². The van der Waals surface area contributed by atoms with Crippen LogP contribution in [0.5, 0.6) is 0 Å². The molecule has 0 aliphatic carbocycles. The topological polar surface area (TPSA) is 83.3 Å². The molecule has 0 fully saturated rings. The largest absolute Gasteiger partial charge is 0.389 e. The Hall–Kier alpha value is -0.980. The van der Waals surface area contributed by atoms with Crippen molar-refractivity contribution in [1.82, 2.24) is 10.2 Å². The van der Waals surface area contributed by atoms with Crippen molar-refractivity contribution in [3.05, 3.63) is 23.5 Å². The molecular weight excluding hydrogens is 228 g/mol. The number of carbonyl (C=O) groups excluding carboxylic acids is 1. The maximum atomic E-state index is 10.7. The van der Waals surface area contributed by atoms with E-state index in [0.717, 1.165) is 17.5 Å². The summed E-state index contributed by atoms with van der Waals surface area (Å²) in [6.07, 6.45) is -2.13. The van der Waals surface area contributed by atoms with E-state index >= 15 is 0 Å². The molecule has 1 aromatic rings. The Morgan fingerprint density at radius 2 is 2.12 bits per heavy atom. The summed E-state index contributed by atoms with van der Waals surface area (Å²) in [6.45, 7) is 3.20. The molecule has 2 unspecified atom stereocenters. The summed E-state index contributed by atoms with van der Waals surface area (Å²) in [5.74, 6) is 0.145. The molecule has 6 heteroatoms. The highest BCUT2D eigenvalue weighted by molar-refractivity contribution is 8.13. The molecular formula is C10H14N2O3S. The zero-order valence-corrected chi connectivity index (χ0v) is 9.94. The molecule has 0 spiro atoms. The third kappa shape index (κ3) is 3.88. The van der Waals surface area contributed by atoms with Crippen LogP contribution in [0.3, 0.4) is 0 Å². The number of thioether (sulfide) groups is 1. The van der Waals surface area contributed by atoms with Crippen molar-refractivity contribution in [3.8, 4) is 0 Å². The summed E-state index contributed by atoms with van der Waals surface area (Å²) < 4.78 is 0. The lowest BCUT2D eigenvalue weighted by Gasteiger charge is -2.15. The van der Waals surface area contributed by atoms with Crippen molar-refractivity contribution >= 4 is 16.9 Å². The third-order valence-electron chi connectivity index (χ3n) is 1.94. The highest BCUT2D eigenvalue weighted by Crippen LogP contribution is 2.17. The van der Waals surface area contributed by atoms with Crippen LogP contribution in [-0.2, 0) is 4.79 Å². The third-order valence-corrected chi connectivity index (χ3v) is 2.86. The number of hydrogen-bond donors (Lipinski definition) is 2. The van der Waals surface area contributed by atoms with Gasteiger partial charge in [-0.2, -0.15) is 10.2 Å². The number of aliphatic hydroxyl groups excluding tert-OH is 2. The Balaban J connectivity index is 2.59. The lowest BCUT2D eigenvalue weighted by Crippen LogP contribution is -2.22. The van der Waals surface area contributed by atoms with Gasteiger partial charge in [0.05, 0.1) is 17.5 Å². The first-order chi connectivity index (χ1) is 7.50. The molecule has 1 rings (SSSR count). The normalized spacial score (nSPS) is 14.5. The monoisotopic (exact) mass is 242 g/mol. The fourth-order valence-electron chi connectivity index (χ4n) is 1.06. The first kappa shape index (κ1) is 13.1. The maximum absolute atomic E-state index is 10.7. The lowest BCUT2D eigenvalue weighted by atomic mass is 10.1. The van der Waals surface area contributed by atoms with Gasteiger partial charge in [-0.1, -0.05) is 11.8 Å². The van der Waals surface area contributed by atoms with Gasteiger partial charge in [0.1, 0.15) is 6.10 Å². The highest BCUT2D eigenvalue weighted by atomic mass is 32.2. The zero-order chi connectivity index (χ0) is 12.1. The minimum atomic E-state index is -1.11. The van der Waals surface area contributed by atoms with E-state index < -0.39 is 12.2 Å². The molecule has 0 aliphatic rings. The van der Waals surface area contributed by atoms with E-state index in [1.165, 1.54) is 6.92 Å². The van der Waals surface area contributed by atoms with Crippen LogP contribution >= 0.6 is 11.8 Å². The Bertz CT molecular complexity index is 356. The predicted molar refractivity (Wildman–Crippen MR) is 60.9 cm³/mol. The van der Waals surface area contributed by atoms with E-state index in [9.17, 15) is 15.0 Å². The summed E-state index contributed by atoms with van der Waals surface area (Å²) in [4.78, 5) is 10.7. The van der Waals surface area contributed by atoms with Crippen LogP contribution in [0.15, 0.2) is 12.1 Å². The van der Waals surface area contributed by atoms with Crippen LogP contribution < -0.4 is 0 Å². The van der Waals surface area contributed by atoms with E-state index in [1.807, 2.05) is 0 Å². The quantitative estimate of drug-likeness (QED) is 0.798. The molecule has 0 bridgehead atoms. The van der Waals surface area contributed by atoms with Crippen LogP contribution in [0.2, 0.25) is 0 Å². The first-order valence-corrected chi connectivity index (χ1v) is 5.79. The smallest absolute Gasteiger partial charge is 0.185 e. The SMILES string of the molecule is CC(=O)SCC(O)C(O)c1ccc(C)nn1. The molecule has 0 amide bonds. The van der Waals surface area contributed by atoms with Gasteiger partial charge < -0.3 is 10.2 Å². The molecule has 0 saturated heterocycles. The number of aliphatic hydroxyl groups is 2. The molecule has 0 radical (unpaired) electrons. The molecule has 2 N–H and O–H groups in total. The van der Waals surface area contributed by atoms with Crippen molar-refractivity contribution in [2.24, 2.45) is 0 Å². The molecule has 0 saturated carbocycles. The van der Waals surface area contributed by atoms with Crippen LogP contribution in [0.4, 0.5) is 0 Å². The standard InChI is InChI=1S/C10H14N2O3S/c1-6-3-4-8(12-11-6)10(15)9(14)5-16-7(2)13/h3-4,9-10,14-15H,5H2,1-2H3. The van der Waals surface area contributed by atoms with Crippen LogP contribution in [0.25, 0.3) is 0 Å². The van der Waals surface area contributed by atoms with Crippen molar-refractivity contribution < 1.29 is 15.0 Å². The first-order valence-electron chi connectivity index (χ1n) is 4.80. The van der Waals surface area contributed by atoms with Gasteiger partial charge in [-0.15, -0.1) is 0 Å². The Labute approximate surface area is 97.9 Å². The molecule has 5 nitrogen and oxygen atoms in total. The van der Waals surface area contributed by atoms with E-state index in [2.05, 4.69) is 10.2 Å². The Morgan fingerprint density at radius 1 is 1.44 bits per heavy atom. The van der Waals surface area contributed by atoms with E-state index in [0.29, 0.717) is 5.69 Å². The average Bonchev–Trinajstić information content (AvgIpc) is 2.26. The molecule has 2 atom stereocenters. The molecule has 0 aliphatic heterocycles. The second kappa shape index (κ2) is 5.93. The molecule has 1 heterocycles. The second-order valence-electron chi connectivity index (χ2n) is 3.41. The molecule has 1 aromatic heterocycles. The Kier molecular flexibility index (Phi) is 4.85. The lowest BCUT2D eigenvalue weighted by molar-refractivity contribution is -0.109. The summed E-state index contributed by atoms with van der Waals surface area (Å²) in [5, 5.41) is 26.8. The highest BCUT2D eigenvalue weighted by Gasteiger charge is 2.20. The number of rotatable bonds is 4. The van der Waals surface area contributed by atoms with Gasteiger partial charge >= 0.3 is 0 Å². The summed E-state index contributed by atoms with van der Waals surface area (Å²) in [7, 11) is 0. The summed E-state index contributed by atoms with van der Waals surface area (Å²) in [5.41, 5.74) is 1.05. The summed E-state index contributed by atoms with van der Waals surface area (Å²) >= 11 is 0.968. The Morgan fingerprint density at radius 3 is 2.62 bits per heavy atom. The molecule has 88 valence electrons. The average molecular weight is 242 g/mol.